The van der Waals surface area contributed by atoms with Crippen LogP contribution in [0.2, 0.25) is 0 Å². The van der Waals surface area contributed by atoms with E-state index in [1.807, 2.05) is 13.8 Å². The number of nitrogens with zero attached hydrogens (tertiary/aromatic N) is 2. The summed E-state index contributed by atoms with van der Waals surface area (Å²) in [7, 11) is 1.12. The lowest BCUT2D eigenvalue weighted by Crippen LogP contribution is -2.30. The lowest BCUT2D eigenvalue weighted by Gasteiger charge is -2.21. The van der Waals surface area contributed by atoms with Gasteiger partial charge in [0.1, 0.15) is 17.3 Å². The summed E-state index contributed by atoms with van der Waals surface area (Å²) in [6.45, 7) is 3.41. The zero-order chi connectivity index (χ0) is 27.4. The number of anilines is 3. The van der Waals surface area contributed by atoms with Crippen LogP contribution in [-0.4, -0.2) is 41.2 Å². The average Bonchev–Trinajstić information content (AvgIpc) is 2.80. The summed E-state index contributed by atoms with van der Waals surface area (Å²) in [6.07, 6.45) is -9.59. The highest BCUT2D eigenvalue weighted by atomic mass is 19.4. The van der Waals surface area contributed by atoms with Gasteiger partial charge in [0.15, 0.2) is 0 Å². The van der Waals surface area contributed by atoms with Crippen molar-refractivity contribution in [1.82, 2.24) is 9.97 Å². The first-order valence-corrected chi connectivity index (χ1v) is 10.9. The van der Waals surface area contributed by atoms with Gasteiger partial charge in [-0.05, 0) is 36.2 Å². The minimum absolute atomic E-state index is 0.000510. The molecule has 0 fully saturated rings. The van der Waals surface area contributed by atoms with E-state index in [2.05, 4.69) is 25.3 Å². The first-order valence-electron chi connectivity index (χ1n) is 10.9. The van der Waals surface area contributed by atoms with Crippen LogP contribution in [-0.2, 0) is 6.18 Å². The Labute approximate surface area is 208 Å². The highest BCUT2D eigenvalue weighted by molar-refractivity contribution is 5.69. The number of aliphatic hydroxyl groups excluding tert-OH is 1. The predicted molar refractivity (Wildman–Crippen MR) is 125 cm³/mol. The molecule has 0 saturated heterocycles. The van der Waals surface area contributed by atoms with Crippen molar-refractivity contribution in [3.05, 3.63) is 54.1 Å². The van der Waals surface area contributed by atoms with E-state index < -0.39 is 29.9 Å². The van der Waals surface area contributed by atoms with Gasteiger partial charge in [-0.25, -0.2) is 4.98 Å². The van der Waals surface area contributed by atoms with Crippen LogP contribution in [0.5, 0.6) is 11.5 Å². The van der Waals surface area contributed by atoms with Crippen LogP contribution in [0.15, 0.2) is 48.5 Å². The van der Waals surface area contributed by atoms with E-state index >= 15 is 0 Å². The molecule has 0 radical (unpaired) electrons. The maximum atomic E-state index is 13.5. The van der Waals surface area contributed by atoms with Crippen LogP contribution in [0.4, 0.5) is 43.8 Å². The minimum Gasteiger partial charge on any atom is -0.496 e. The fourth-order valence-corrected chi connectivity index (χ4v) is 3.32. The molecule has 0 amide bonds. The molecule has 1 heterocycles. The molecule has 3 aromatic rings. The maximum absolute atomic E-state index is 13.5. The molecular formula is C24H24F6N4O3. The summed E-state index contributed by atoms with van der Waals surface area (Å²) in [4.78, 5) is 8.60. The van der Waals surface area contributed by atoms with Gasteiger partial charge in [0.25, 0.3) is 0 Å². The first-order chi connectivity index (χ1) is 17.3. The zero-order valence-corrected chi connectivity index (χ0v) is 19.9. The van der Waals surface area contributed by atoms with Crippen molar-refractivity contribution in [1.29, 1.82) is 0 Å². The lowest BCUT2D eigenvalue weighted by molar-refractivity contribution is -0.274. The van der Waals surface area contributed by atoms with E-state index in [4.69, 9.17) is 4.74 Å². The lowest BCUT2D eigenvalue weighted by atomic mass is 10.1. The van der Waals surface area contributed by atoms with Gasteiger partial charge in [0.2, 0.25) is 5.95 Å². The van der Waals surface area contributed by atoms with Crippen LogP contribution in [0.25, 0.3) is 11.3 Å². The highest BCUT2D eigenvalue weighted by Gasteiger charge is 2.34. The summed E-state index contributed by atoms with van der Waals surface area (Å²) in [6, 6.07) is 9.28. The molecule has 3 rings (SSSR count). The number of ether oxygens (including phenoxy) is 2. The van der Waals surface area contributed by atoms with Crippen LogP contribution < -0.4 is 20.1 Å². The Bertz CT molecular complexity index is 1220. The van der Waals surface area contributed by atoms with E-state index in [-0.39, 0.29) is 47.0 Å². The Morgan fingerprint density at radius 2 is 1.70 bits per heavy atom. The molecular weight excluding hydrogens is 506 g/mol. The number of alkyl halides is 6. The second-order valence-corrected chi connectivity index (χ2v) is 8.25. The molecule has 37 heavy (non-hydrogen) atoms. The van der Waals surface area contributed by atoms with Crippen LogP contribution in [0.1, 0.15) is 19.4 Å². The topological polar surface area (TPSA) is 88.5 Å². The van der Waals surface area contributed by atoms with Gasteiger partial charge in [-0.15, -0.1) is 13.2 Å². The number of aliphatic hydroxyl groups is 1. The van der Waals surface area contributed by atoms with Gasteiger partial charge in [-0.1, -0.05) is 26.0 Å². The molecule has 200 valence electrons. The van der Waals surface area contributed by atoms with E-state index in [0.29, 0.717) is 0 Å². The normalized spacial score (nSPS) is 12.8. The molecule has 0 saturated carbocycles. The van der Waals surface area contributed by atoms with E-state index in [1.165, 1.54) is 24.3 Å². The summed E-state index contributed by atoms with van der Waals surface area (Å²) in [5.41, 5.74) is -0.603. The van der Waals surface area contributed by atoms with Crippen molar-refractivity contribution in [3.8, 4) is 22.8 Å². The van der Waals surface area contributed by atoms with Crippen molar-refractivity contribution in [2.45, 2.75) is 32.4 Å². The SMILES string of the molecule is COc1ccc(Nc2cc(-c3cccc(OC(F)(F)F)c3)nc(N[C@@H](CO)C(C)C)n2)cc1C(F)(F)F. The van der Waals surface area contributed by atoms with Crippen molar-refractivity contribution < 1.29 is 40.9 Å². The second kappa shape index (κ2) is 11.1. The quantitative estimate of drug-likeness (QED) is 0.282. The Balaban J connectivity index is 2.05. The number of halogens is 6. The number of hydrogen-bond donors (Lipinski definition) is 3. The molecule has 0 aliphatic heterocycles. The van der Waals surface area contributed by atoms with Crippen LogP contribution in [0.3, 0.4) is 0 Å². The van der Waals surface area contributed by atoms with Crippen molar-refractivity contribution in [3.63, 3.8) is 0 Å². The molecule has 0 aliphatic rings. The monoisotopic (exact) mass is 530 g/mol. The average molecular weight is 530 g/mol. The van der Waals surface area contributed by atoms with Crippen LogP contribution in [0, 0.1) is 5.92 Å². The number of aromatic nitrogens is 2. The van der Waals surface area contributed by atoms with Gasteiger partial charge in [0.05, 0.1) is 31.0 Å². The standard InChI is InChI=1S/C24H24F6N4O3/c1-13(2)19(12-35)33-22-32-18(14-5-4-6-16(9-14)37-24(28,29)30)11-21(34-22)31-15-7-8-20(36-3)17(10-15)23(25,26)27/h4-11,13,19,35H,12H2,1-3H3,(H2,31,32,33,34)/t19-/m0/s1. The molecule has 0 aliphatic carbocycles. The van der Waals surface area contributed by atoms with E-state index in [9.17, 15) is 31.4 Å². The zero-order valence-electron chi connectivity index (χ0n) is 19.9. The molecule has 0 spiro atoms. The van der Waals surface area contributed by atoms with E-state index in [1.54, 1.807) is 0 Å². The fourth-order valence-electron chi connectivity index (χ4n) is 3.32. The van der Waals surface area contributed by atoms with Crippen molar-refractivity contribution in [2.75, 3.05) is 24.4 Å². The Kier molecular flexibility index (Phi) is 8.36. The third-order valence-electron chi connectivity index (χ3n) is 5.18. The number of hydrogen-bond acceptors (Lipinski definition) is 7. The molecule has 3 N–H and O–H groups in total. The molecule has 1 aromatic heterocycles. The largest absolute Gasteiger partial charge is 0.573 e. The summed E-state index contributed by atoms with van der Waals surface area (Å²) >= 11 is 0. The van der Waals surface area contributed by atoms with Gasteiger partial charge >= 0.3 is 12.5 Å². The summed E-state index contributed by atoms with van der Waals surface area (Å²) in [5, 5.41) is 15.4. The molecule has 0 unspecified atom stereocenters. The van der Waals surface area contributed by atoms with Gasteiger partial charge in [-0.2, -0.15) is 18.2 Å². The van der Waals surface area contributed by atoms with Gasteiger partial charge < -0.3 is 25.2 Å². The third-order valence-corrected chi connectivity index (χ3v) is 5.18. The molecule has 2 aromatic carbocycles. The highest BCUT2D eigenvalue weighted by Crippen LogP contribution is 2.38. The number of rotatable bonds is 9. The maximum Gasteiger partial charge on any atom is 0.573 e. The van der Waals surface area contributed by atoms with Gasteiger partial charge in [0, 0.05) is 17.3 Å². The summed E-state index contributed by atoms with van der Waals surface area (Å²) in [5.74, 6) is -0.845. The Hall–Kier alpha value is -3.74. The Morgan fingerprint density at radius 1 is 0.973 bits per heavy atom. The summed E-state index contributed by atoms with van der Waals surface area (Å²) < 4.78 is 87.2. The number of nitrogens with one attached hydrogen (secondary N) is 2. The minimum atomic E-state index is -4.90. The molecule has 1 atom stereocenters. The predicted octanol–water partition coefficient (Wildman–Crippen LogP) is 6.24. The molecule has 7 nitrogen and oxygen atoms in total. The Morgan fingerprint density at radius 3 is 2.30 bits per heavy atom. The van der Waals surface area contributed by atoms with E-state index in [0.717, 1.165) is 31.4 Å². The number of methoxy groups -OCH3 is 1. The smallest absolute Gasteiger partial charge is 0.496 e. The third kappa shape index (κ3) is 7.62. The number of benzene rings is 2. The molecule has 0 bridgehead atoms. The molecule has 13 heteroatoms. The first kappa shape index (κ1) is 27.8. The van der Waals surface area contributed by atoms with Crippen LogP contribution >= 0.6 is 0 Å². The van der Waals surface area contributed by atoms with Gasteiger partial charge in [-0.3, -0.25) is 0 Å². The fraction of sp³-hybridized carbons (Fsp3) is 0.333. The second-order valence-electron chi connectivity index (χ2n) is 8.25. The van der Waals surface area contributed by atoms with Crippen molar-refractivity contribution in [2.24, 2.45) is 5.92 Å². The van der Waals surface area contributed by atoms with Crippen molar-refractivity contribution >= 4 is 17.5 Å².